The Bertz CT molecular complexity index is 432. The highest BCUT2D eigenvalue weighted by atomic mass is 16.4. The lowest BCUT2D eigenvalue weighted by Crippen LogP contribution is -3.22. The van der Waals surface area contributed by atoms with Crippen LogP contribution in [0.25, 0.3) is 0 Å². The van der Waals surface area contributed by atoms with E-state index in [1.54, 1.807) is 0 Å². The van der Waals surface area contributed by atoms with E-state index < -0.39 is 12.1 Å². The number of hydrogen-bond acceptors (Lipinski definition) is 5. The van der Waals surface area contributed by atoms with Crippen LogP contribution in [0.2, 0.25) is 0 Å². The lowest BCUT2D eigenvalue weighted by molar-refractivity contribution is -0.963. The number of quaternary nitrogens is 1. The molecule has 2 heterocycles. The number of carbonyl (C=O) groups excluding carboxylic acids is 1. The average Bonchev–Trinajstić information content (AvgIpc) is 2.60. The smallest absolute Gasteiger partial charge is 0.111 e. The van der Waals surface area contributed by atoms with Crippen LogP contribution in [0.15, 0.2) is 0 Å². The molecule has 0 aromatic heterocycles. The van der Waals surface area contributed by atoms with E-state index in [1.165, 1.54) is 4.90 Å². The minimum atomic E-state index is -1.20. The van der Waals surface area contributed by atoms with Crippen LogP contribution in [0.5, 0.6) is 0 Å². The molecular weight excluding hydrogens is 334 g/mol. The summed E-state index contributed by atoms with van der Waals surface area (Å²) in [5.41, 5.74) is 0. The number of rotatable bonds is 10. The average molecular weight is 372 g/mol. The van der Waals surface area contributed by atoms with Crippen molar-refractivity contribution in [2.24, 2.45) is 5.92 Å². The number of aliphatic carboxylic acids is 1. The van der Waals surface area contributed by atoms with Gasteiger partial charge in [-0.25, -0.2) is 0 Å². The predicted molar refractivity (Wildman–Crippen MR) is 96.4 cm³/mol. The first-order valence-corrected chi connectivity index (χ1v) is 10.5. The third-order valence-electron chi connectivity index (χ3n) is 6.62. The topological polar surface area (TPSA) is 105 Å². The molecular formula is C20H37NO5. The van der Waals surface area contributed by atoms with E-state index in [0.717, 1.165) is 64.3 Å². The number of piperidine rings is 2. The molecule has 152 valence electrons. The second-order valence-corrected chi connectivity index (χ2v) is 8.53. The number of hydrogen-bond donors (Lipinski definition) is 4. The number of nitrogens with one attached hydrogen (secondary N) is 1. The van der Waals surface area contributed by atoms with Gasteiger partial charge in [0.15, 0.2) is 0 Å². The van der Waals surface area contributed by atoms with Crippen molar-refractivity contribution in [2.75, 3.05) is 6.54 Å². The van der Waals surface area contributed by atoms with Gasteiger partial charge in [0.2, 0.25) is 0 Å². The van der Waals surface area contributed by atoms with Gasteiger partial charge in [-0.15, -0.1) is 0 Å². The second-order valence-electron chi connectivity index (χ2n) is 8.53. The zero-order valence-corrected chi connectivity index (χ0v) is 16.1. The summed E-state index contributed by atoms with van der Waals surface area (Å²) in [5, 5.41) is 40.5. The fourth-order valence-electron chi connectivity index (χ4n) is 4.93. The van der Waals surface area contributed by atoms with Gasteiger partial charge in [0.05, 0.1) is 24.8 Å². The van der Waals surface area contributed by atoms with Crippen molar-refractivity contribution in [3.05, 3.63) is 0 Å². The summed E-state index contributed by atoms with van der Waals surface area (Å²) in [6.45, 7) is 3.20. The molecule has 2 saturated heterocycles. The Morgan fingerprint density at radius 3 is 2.50 bits per heavy atom. The lowest BCUT2D eigenvalue weighted by Gasteiger charge is -2.45. The highest BCUT2D eigenvalue weighted by Gasteiger charge is 2.42. The molecule has 0 aliphatic carbocycles. The molecule has 0 saturated carbocycles. The predicted octanol–water partition coefficient (Wildman–Crippen LogP) is -0.604. The van der Waals surface area contributed by atoms with E-state index in [2.05, 4.69) is 6.92 Å². The van der Waals surface area contributed by atoms with Gasteiger partial charge < -0.3 is 30.1 Å². The molecule has 6 nitrogen and oxygen atoms in total. The van der Waals surface area contributed by atoms with E-state index >= 15 is 0 Å². The number of carbonyl (C=O) groups is 1. The van der Waals surface area contributed by atoms with Crippen molar-refractivity contribution in [3.8, 4) is 0 Å². The van der Waals surface area contributed by atoms with Gasteiger partial charge in [0, 0.05) is 31.7 Å². The van der Waals surface area contributed by atoms with Crippen LogP contribution < -0.4 is 10.0 Å². The Hall–Kier alpha value is -0.690. The van der Waals surface area contributed by atoms with Gasteiger partial charge in [-0.2, -0.15) is 0 Å². The summed E-state index contributed by atoms with van der Waals surface area (Å²) in [5.74, 6) is -0.813. The Morgan fingerprint density at radius 1 is 1.12 bits per heavy atom. The summed E-state index contributed by atoms with van der Waals surface area (Å²) >= 11 is 0. The second kappa shape index (κ2) is 10.6. The molecule has 7 unspecified atom stereocenters. The molecule has 6 heteroatoms. The summed E-state index contributed by atoms with van der Waals surface area (Å²) < 4.78 is 0. The van der Waals surface area contributed by atoms with Crippen molar-refractivity contribution in [1.82, 2.24) is 0 Å². The first kappa shape index (κ1) is 21.6. The van der Waals surface area contributed by atoms with Crippen LogP contribution in [0.1, 0.15) is 77.6 Å². The summed E-state index contributed by atoms with van der Waals surface area (Å²) in [7, 11) is 0. The molecule has 0 aromatic carbocycles. The van der Waals surface area contributed by atoms with Gasteiger partial charge in [0.25, 0.3) is 0 Å². The first-order valence-electron chi connectivity index (χ1n) is 10.5. The number of aliphatic hydroxyl groups excluding tert-OH is 3. The maximum atomic E-state index is 10.6. The molecule has 0 radical (unpaired) electrons. The lowest BCUT2D eigenvalue weighted by atomic mass is 9.79. The third kappa shape index (κ3) is 6.48. The minimum absolute atomic E-state index is 0.173. The van der Waals surface area contributed by atoms with E-state index in [-0.39, 0.29) is 18.6 Å². The summed E-state index contributed by atoms with van der Waals surface area (Å²) in [6, 6.07) is 0.908. The third-order valence-corrected chi connectivity index (χ3v) is 6.62. The molecule has 0 spiro atoms. The van der Waals surface area contributed by atoms with Crippen LogP contribution in [-0.4, -0.2) is 58.2 Å². The standard InChI is InChI=1S/C20H37NO5/c1-14-18(23)9-8-16-12-15(10-11-21(14)16)19(24)7-5-3-2-4-6-17(22)13-20(25)26/h14-19,22-24H,2-13H2,1H3,(H,25,26). The largest absolute Gasteiger partial charge is 0.550 e. The molecule has 7 atom stereocenters. The first-order chi connectivity index (χ1) is 12.4. The summed E-state index contributed by atoms with van der Waals surface area (Å²) in [4.78, 5) is 11.9. The van der Waals surface area contributed by atoms with Crippen molar-refractivity contribution in [3.63, 3.8) is 0 Å². The maximum Gasteiger partial charge on any atom is 0.111 e. The quantitative estimate of drug-likeness (QED) is 0.384. The van der Waals surface area contributed by atoms with Gasteiger partial charge in [-0.05, 0) is 32.1 Å². The van der Waals surface area contributed by atoms with Crippen LogP contribution >= 0.6 is 0 Å². The Balaban J connectivity index is 1.58. The zero-order chi connectivity index (χ0) is 19.1. The van der Waals surface area contributed by atoms with Crippen molar-refractivity contribution in [2.45, 2.75) is 108 Å². The van der Waals surface area contributed by atoms with E-state index in [9.17, 15) is 25.2 Å². The molecule has 2 aliphatic rings. The van der Waals surface area contributed by atoms with Crippen LogP contribution in [0.3, 0.4) is 0 Å². The Morgan fingerprint density at radius 2 is 1.81 bits per heavy atom. The van der Waals surface area contributed by atoms with Gasteiger partial charge in [-0.1, -0.05) is 25.7 Å². The van der Waals surface area contributed by atoms with Crippen LogP contribution in [0, 0.1) is 5.92 Å². The molecule has 0 bridgehead atoms. The van der Waals surface area contributed by atoms with Crippen LogP contribution in [0.4, 0.5) is 0 Å². The normalized spacial score (nSPS) is 34.1. The monoisotopic (exact) mass is 371 g/mol. The van der Waals surface area contributed by atoms with Gasteiger partial charge >= 0.3 is 0 Å². The number of carboxylic acid groups (broad SMARTS) is 1. The summed E-state index contributed by atoms with van der Waals surface area (Å²) in [6.07, 6.45) is 7.67. The molecule has 0 amide bonds. The fourth-order valence-corrected chi connectivity index (χ4v) is 4.93. The number of carboxylic acids is 1. The molecule has 2 fully saturated rings. The van der Waals surface area contributed by atoms with Crippen molar-refractivity contribution in [1.29, 1.82) is 0 Å². The molecule has 0 aromatic rings. The highest BCUT2D eigenvalue weighted by molar-refractivity contribution is 5.64. The maximum absolute atomic E-state index is 10.6. The molecule has 26 heavy (non-hydrogen) atoms. The fraction of sp³-hybridized carbons (Fsp3) is 0.950. The minimum Gasteiger partial charge on any atom is -0.550 e. The Kier molecular flexibility index (Phi) is 8.80. The van der Waals surface area contributed by atoms with Crippen molar-refractivity contribution < 1.29 is 30.1 Å². The van der Waals surface area contributed by atoms with E-state index in [0.29, 0.717) is 24.4 Å². The SMILES string of the molecule is CC1C(O)CCC2CC(C(O)CCCCCCC(O)CC(=O)[O-])CC[NH+]21. The molecule has 2 rings (SSSR count). The van der Waals surface area contributed by atoms with E-state index in [1.807, 2.05) is 0 Å². The van der Waals surface area contributed by atoms with Gasteiger partial charge in [0.1, 0.15) is 12.1 Å². The molecule has 2 aliphatic heterocycles. The number of unbranched alkanes of at least 4 members (excludes halogenated alkanes) is 3. The molecule has 4 N–H and O–H groups in total. The Labute approximate surface area is 157 Å². The zero-order valence-electron chi connectivity index (χ0n) is 16.1. The number of aliphatic hydroxyl groups is 3. The van der Waals surface area contributed by atoms with Gasteiger partial charge in [-0.3, -0.25) is 0 Å². The van der Waals surface area contributed by atoms with E-state index in [4.69, 9.17) is 0 Å². The highest BCUT2D eigenvalue weighted by Crippen LogP contribution is 2.26. The number of fused-ring (bicyclic) bond motifs is 1. The van der Waals surface area contributed by atoms with Crippen molar-refractivity contribution >= 4 is 5.97 Å². The van der Waals surface area contributed by atoms with Crippen LogP contribution in [-0.2, 0) is 4.79 Å².